The first-order valence-electron chi connectivity index (χ1n) is 10.8. The standard InChI is InChI=1S/C23H23N5O3S/c29-21-16-8-11-27(23(31)19-7-4-12-32-19)14-17(16)25-20(26-21)18-6-1-2-10-28(18)22(30)15-5-3-9-24-13-15/h3-5,7,9,12-13,18H,1-2,6,8,10-11,14H2,(H,25,26,29)/t18-/m1/s1. The number of nitrogens with zero attached hydrogens (tertiary/aromatic N) is 4. The molecule has 1 atom stereocenters. The average molecular weight is 450 g/mol. The van der Waals surface area contributed by atoms with E-state index in [0.29, 0.717) is 53.6 Å². The third-order valence-electron chi connectivity index (χ3n) is 6.10. The lowest BCUT2D eigenvalue weighted by Gasteiger charge is -2.36. The second kappa shape index (κ2) is 8.66. The average Bonchev–Trinajstić information content (AvgIpc) is 3.38. The van der Waals surface area contributed by atoms with Crippen LogP contribution in [0.5, 0.6) is 0 Å². The van der Waals surface area contributed by atoms with Crippen LogP contribution in [0.25, 0.3) is 0 Å². The molecule has 0 aliphatic carbocycles. The minimum Gasteiger partial charge on any atom is -0.332 e. The normalized spacial score (nSPS) is 18.3. The number of pyridine rings is 1. The van der Waals surface area contributed by atoms with Gasteiger partial charge in [0, 0.05) is 31.0 Å². The Bertz CT molecular complexity index is 1190. The van der Waals surface area contributed by atoms with Gasteiger partial charge < -0.3 is 14.8 Å². The van der Waals surface area contributed by atoms with Crippen LogP contribution in [-0.2, 0) is 13.0 Å². The van der Waals surface area contributed by atoms with Crippen molar-refractivity contribution in [2.24, 2.45) is 0 Å². The Hall–Kier alpha value is -3.33. The van der Waals surface area contributed by atoms with Crippen molar-refractivity contribution in [2.45, 2.75) is 38.3 Å². The topological polar surface area (TPSA) is 99.3 Å². The zero-order valence-electron chi connectivity index (χ0n) is 17.5. The molecule has 164 valence electrons. The summed E-state index contributed by atoms with van der Waals surface area (Å²) >= 11 is 1.41. The first kappa shape index (κ1) is 20.6. The number of thiophene rings is 1. The Morgan fingerprint density at radius 2 is 2.03 bits per heavy atom. The van der Waals surface area contributed by atoms with Crippen LogP contribution in [0.4, 0.5) is 0 Å². The van der Waals surface area contributed by atoms with Crippen LogP contribution in [-0.4, -0.2) is 49.7 Å². The first-order valence-corrected chi connectivity index (χ1v) is 11.7. The molecule has 0 spiro atoms. The molecule has 1 N–H and O–H groups in total. The van der Waals surface area contributed by atoms with Gasteiger partial charge >= 0.3 is 0 Å². The fourth-order valence-electron chi connectivity index (χ4n) is 4.46. The van der Waals surface area contributed by atoms with Crippen molar-refractivity contribution in [1.29, 1.82) is 0 Å². The van der Waals surface area contributed by atoms with Gasteiger partial charge in [-0.25, -0.2) is 4.98 Å². The second-order valence-corrected chi connectivity index (χ2v) is 9.03. The van der Waals surface area contributed by atoms with Crippen LogP contribution in [0, 0.1) is 0 Å². The van der Waals surface area contributed by atoms with Crippen molar-refractivity contribution >= 4 is 23.2 Å². The number of rotatable bonds is 3. The van der Waals surface area contributed by atoms with E-state index in [9.17, 15) is 14.4 Å². The summed E-state index contributed by atoms with van der Waals surface area (Å²) in [4.78, 5) is 54.8. The van der Waals surface area contributed by atoms with Crippen molar-refractivity contribution in [1.82, 2.24) is 24.8 Å². The van der Waals surface area contributed by atoms with Gasteiger partial charge in [0.05, 0.1) is 28.7 Å². The molecule has 2 amide bonds. The van der Waals surface area contributed by atoms with E-state index in [1.165, 1.54) is 11.3 Å². The Morgan fingerprint density at radius 1 is 1.12 bits per heavy atom. The molecule has 0 radical (unpaired) electrons. The number of fused-ring (bicyclic) bond motifs is 1. The van der Waals surface area contributed by atoms with Gasteiger partial charge in [-0.1, -0.05) is 6.07 Å². The molecule has 2 aliphatic rings. The minimum absolute atomic E-state index is 0.0414. The zero-order chi connectivity index (χ0) is 22.1. The molecule has 5 heterocycles. The van der Waals surface area contributed by atoms with E-state index in [-0.39, 0.29) is 23.4 Å². The van der Waals surface area contributed by atoms with Crippen LogP contribution < -0.4 is 5.56 Å². The molecule has 0 aromatic carbocycles. The molecule has 0 unspecified atom stereocenters. The predicted molar refractivity (Wildman–Crippen MR) is 119 cm³/mol. The Labute approximate surface area is 188 Å². The van der Waals surface area contributed by atoms with Crippen LogP contribution >= 0.6 is 11.3 Å². The van der Waals surface area contributed by atoms with Crippen LogP contribution in [0.3, 0.4) is 0 Å². The predicted octanol–water partition coefficient (Wildman–Crippen LogP) is 2.79. The molecular formula is C23H23N5O3S. The Morgan fingerprint density at radius 3 is 2.81 bits per heavy atom. The Balaban J connectivity index is 1.44. The molecule has 8 nitrogen and oxygen atoms in total. The lowest BCUT2D eigenvalue weighted by Crippen LogP contribution is -2.42. The van der Waals surface area contributed by atoms with Crippen LogP contribution in [0.15, 0.2) is 46.8 Å². The number of hydrogen-bond donors (Lipinski definition) is 1. The molecular weight excluding hydrogens is 426 g/mol. The zero-order valence-corrected chi connectivity index (χ0v) is 18.3. The van der Waals surface area contributed by atoms with Crippen molar-refractivity contribution in [2.75, 3.05) is 13.1 Å². The third kappa shape index (κ3) is 3.84. The van der Waals surface area contributed by atoms with Crippen LogP contribution in [0.1, 0.15) is 62.4 Å². The summed E-state index contributed by atoms with van der Waals surface area (Å²) in [5, 5.41) is 1.88. The fourth-order valence-corrected chi connectivity index (χ4v) is 5.15. The van der Waals surface area contributed by atoms with E-state index in [4.69, 9.17) is 4.98 Å². The van der Waals surface area contributed by atoms with Crippen LogP contribution in [0.2, 0.25) is 0 Å². The van der Waals surface area contributed by atoms with Gasteiger partial charge in [-0.15, -0.1) is 11.3 Å². The van der Waals surface area contributed by atoms with Gasteiger partial charge in [0.2, 0.25) is 0 Å². The van der Waals surface area contributed by atoms with Gasteiger partial charge in [0.1, 0.15) is 5.82 Å². The highest BCUT2D eigenvalue weighted by Gasteiger charge is 2.32. The monoisotopic (exact) mass is 449 g/mol. The Kier molecular flexibility index (Phi) is 5.57. The molecule has 32 heavy (non-hydrogen) atoms. The van der Waals surface area contributed by atoms with Gasteiger partial charge in [-0.3, -0.25) is 19.4 Å². The smallest absolute Gasteiger partial charge is 0.264 e. The number of aromatic nitrogens is 3. The molecule has 9 heteroatoms. The minimum atomic E-state index is -0.308. The quantitative estimate of drug-likeness (QED) is 0.663. The molecule has 1 fully saturated rings. The van der Waals surface area contributed by atoms with E-state index in [2.05, 4.69) is 9.97 Å². The van der Waals surface area contributed by atoms with Gasteiger partial charge in [0.15, 0.2) is 0 Å². The highest BCUT2D eigenvalue weighted by molar-refractivity contribution is 7.12. The summed E-state index contributed by atoms with van der Waals surface area (Å²) in [7, 11) is 0. The summed E-state index contributed by atoms with van der Waals surface area (Å²) in [5.41, 5.74) is 1.60. The molecule has 5 rings (SSSR count). The van der Waals surface area contributed by atoms with Crippen molar-refractivity contribution in [3.63, 3.8) is 0 Å². The van der Waals surface area contributed by atoms with E-state index >= 15 is 0 Å². The number of piperidine rings is 1. The molecule has 3 aromatic rings. The molecule has 0 saturated carbocycles. The number of carbonyl (C=O) groups is 2. The van der Waals surface area contributed by atoms with E-state index < -0.39 is 0 Å². The van der Waals surface area contributed by atoms with Crippen molar-refractivity contribution < 1.29 is 9.59 Å². The lowest BCUT2D eigenvalue weighted by molar-refractivity contribution is 0.0598. The maximum absolute atomic E-state index is 13.1. The van der Waals surface area contributed by atoms with Crippen molar-refractivity contribution in [3.05, 3.63) is 79.9 Å². The lowest BCUT2D eigenvalue weighted by atomic mass is 9.99. The summed E-state index contributed by atoms with van der Waals surface area (Å²) in [6.07, 6.45) is 6.25. The number of amides is 2. The number of hydrogen-bond acceptors (Lipinski definition) is 6. The van der Waals surface area contributed by atoms with Gasteiger partial charge in [0.25, 0.3) is 17.4 Å². The summed E-state index contributed by atoms with van der Waals surface area (Å²) in [6.45, 7) is 1.39. The fraction of sp³-hybridized carbons (Fsp3) is 0.348. The number of likely N-dealkylation sites (tertiary alicyclic amines) is 1. The molecule has 2 aliphatic heterocycles. The number of H-pyrrole nitrogens is 1. The third-order valence-corrected chi connectivity index (χ3v) is 6.96. The maximum atomic E-state index is 13.1. The van der Waals surface area contributed by atoms with E-state index in [0.717, 1.165) is 19.3 Å². The summed E-state index contributed by atoms with van der Waals surface area (Å²) in [6, 6.07) is 6.84. The molecule has 0 bridgehead atoms. The van der Waals surface area contributed by atoms with Gasteiger partial charge in [-0.05, 0) is 49.3 Å². The summed E-state index contributed by atoms with van der Waals surface area (Å²) < 4.78 is 0. The van der Waals surface area contributed by atoms with E-state index in [1.807, 2.05) is 17.5 Å². The molecule has 3 aromatic heterocycles. The molecule has 1 saturated heterocycles. The SMILES string of the molecule is O=C(c1cccs1)N1CCc2c(nc([C@H]3CCCCN3C(=O)c3cccnc3)[nH]c2=O)C1. The highest BCUT2D eigenvalue weighted by Crippen LogP contribution is 2.30. The maximum Gasteiger partial charge on any atom is 0.264 e. The first-order chi connectivity index (χ1) is 15.6. The second-order valence-electron chi connectivity index (χ2n) is 8.08. The van der Waals surface area contributed by atoms with Crippen molar-refractivity contribution in [3.8, 4) is 0 Å². The highest BCUT2D eigenvalue weighted by atomic mass is 32.1. The number of nitrogens with one attached hydrogen (secondary N) is 1. The van der Waals surface area contributed by atoms with Gasteiger partial charge in [-0.2, -0.15) is 0 Å². The summed E-state index contributed by atoms with van der Waals surface area (Å²) in [5.74, 6) is 0.342. The van der Waals surface area contributed by atoms with E-state index in [1.54, 1.807) is 34.3 Å². The largest absolute Gasteiger partial charge is 0.332 e. The number of aromatic amines is 1. The number of carbonyl (C=O) groups excluding carboxylic acids is 2.